The molecule has 2 nitrogen and oxygen atoms in total. The van der Waals surface area contributed by atoms with E-state index in [1.165, 1.54) is 14.2 Å². The molecule has 4 heteroatoms. The molecule has 0 amide bonds. The van der Waals surface area contributed by atoms with Gasteiger partial charge < -0.3 is 0 Å². The highest BCUT2D eigenvalue weighted by molar-refractivity contribution is 9.10. The Labute approximate surface area is 72.5 Å². The number of nitrogens with two attached hydrogens (primary N) is 1. The lowest BCUT2D eigenvalue weighted by atomic mass is 10.4. The molecule has 0 bridgehead atoms. The molecule has 0 spiro atoms. The molecular formula is C6H9BrN2S. The Morgan fingerprint density at radius 2 is 2.50 bits per heavy atom. The zero-order valence-corrected chi connectivity index (χ0v) is 8.05. The molecule has 10 heavy (non-hydrogen) atoms. The number of hydrazine groups is 1. The molecule has 0 radical (unpaired) electrons. The number of hydrogen-bond acceptors (Lipinski definition) is 3. The van der Waals surface area contributed by atoms with Gasteiger partial charge in [0.1, 0.15) is 0 Å². The predicted molar refractivity (Wildman–Crippen MR) is 47.8 cm³/mol. The summed E-state index contributed by atoms with van der Waals surface area (Å²) in [5, 5.41) is 0. The lowest BCUT2D eigenvalue weighted by Crippen LogP contribution is -2.19. The van der Waals surface area contributed by atoms with Gasteiger partial charge in [-0.25, -0.2) is 0 Å². The summed E-state index contributed by atoms with van der Waals surface area (Å²) in [5.74, 6) is 5.16. The van der Waals surface area contributed by atoms with Gasteiger partial charge in [-0.15, -0.1) is 11.3 Å². The van der Waals surface area contributed by atoms with E-state index in [-0.39, 0.29) is 0 Å². The lowest BCUT2D eigenvalue weighted by Gasteiger charge is -1.90. The van der Waals surface area contributed by atoms with E-state index >= 15 is 0 Å². The first-order valence-corrected chi connectivity index (χ1v) is 4.53. The lowest BCUT2D eigenvalue weighted by molar-refractivity contribution is 0.751. The molecule has 0 saturated carbocycles. The molecule has 0 aliphatic rings. The molecule has 0 saturated heterocycles. The fraction of sp³-hybridized carbons (Fsp3) is 0.333. The van der Waals surface area contributed by atoms with Crippen LogP contribution in [-0.2, 0) is 6.54 Å². The van der Waals surface area contributed by atoms with Crippen molar-refractivity contribution in [3.05, 3.63) is 20.3 Å². The highest BCUT2D eigenvalue weighted by atomic mass is 79.9. The van der Waals surface area contributed by atoms with Crippen molar-refractivity contribution in [2.24, 2.45) is 5.84 Å². The standard InChI is InChI=1S/C6H9BrN2S/c1-4-6(7)2-5(10-4)3-9-8/h2,9H,3,8H2,1H3. The third-order valence-corrected chi connectivity index (χ3v) is 3.32. The second kappa shape index (κ2) is 3.48. The molecule has 1 aromatic rings. The van der Waals surface area contributed by atoms with E-state index < -0.39 is 0 Å². The van der Waals surface area contributed by atoms with E-state index in [2.05, 4.69) is 34.3 Å². The van der Waals surface area contributed by atoms with Crippen LogP contribution in [0.3, 0.4) is 0 Å². The monoisotopic (exact) mass is 220 g/mol. The summed E-state index contributed by atoms with van der Waals surface area (Å²) < 4.78 is 1.17. The molecule has 3 N–H and O–H groups in total. The van der Waals surface area contributed by atoms with Crippen LogP contribution in [0.15, 0.2) is 10.5 Å². The largest absolute Gasteiger partial charge is 0.271 e. The van der Waals surface area contributed by atoms with Crippen LogP contribution in [0, 0.1) is 6.92 Å². The first-order valence-electron chi connectivity index (χ1n) is 2.92. The summed E-state index contributed by atoms with van der Waals surface area (Å²) in [7, 11) is 0. The zero-order valence-electron chi connectivity index (χ0n) is 5.65. The average molecular weight is 221 g/mol. The number of nitrogens with one attached hydrogen (secondary N) is 1. The van der Waals surface area contributed by atoms with Crippen LogP contribution < -0.4 is 11.3 Å². The summed E-state index contributed by atoms with van der Waals surface area (Å²) in [4.78, 5) is 2.55. The molecule has 0 aromatic carbocycles. The van der Waals surface area contributed by atoms with Gasteiger partial charge in [0.15, 0.2) is 0 Å². The van der Waals surface area contributed by atoms with Gasteiger partial charge in [0, 0.05) is 20.8 Å². The fourth-order valence-corrected chi connectivity index (χ4v) is 2.26. The highest BCUT2D eigenvalue weighted by Crippen LogP contribution is 2.25. The summed E-state index contributed by atoms with van der Waals surface area (Å²) in [6.45, 7) is 2.83. The normalized spacial score (nSPS) is 10.3. The van der Waals surface area contributed by atoms with Crippen LogP contribution in [-0.4, -0.2) is 0 Å². The Morgan fingerprint density at radius 3 is 2.90 bits per heavy atom. The molecule has 0 aliphatic carbocycles. The minimum absolute atomic E-state index is 0.747. The van der Waals surface area contributed by atoms with Crippen molar-refractivity contribution in [1.29, 1.82) is 0 Å². The number of halogens is 1. The van der Waals surface area contributed by atoms with Crippen molar-refractivity contribution < 1.29 is 0 Å². The maximum absolute atomic E-state index is 5.16. The Morgan fingerprint density at radius 1 is 1.80 bits per heavy atom. The number of rotatable bonds is 2. The van der Waals surface area contributed by atoms with Gasteiger partial charge in [-0.2, -0.15) is 0 Å². The molecule has 0 unspecified atom stereocenters. The van der Waals surface area contributed by atoms with Crippen LogP contribution in [0.2, 0.25) is 0 Å². The SMILES string of the molecule is Cc1sc(CNN)cc1Br. The Balaban J connectivity index is 2.77. The second-order valence-electron chi connectivity index (χ2n) is 2.00. The highest BCUT2D eigenvalue weighted by Gasteiger charge is 2.00. The van der Waals surface area contributed by atoms with E-state index in [0.29, 0.717) is 0 Å². The molecular weight excluding hydrogens is 212 g/mol. The summed E-state index contributed by atoms with van der Waals surface area (Å²) in [5.41, 5.74) is 2.61. The number of hydrogen-bond donors (Lipinski definition) is 2. The van der Waals surface area contributed by atoms with Gasteiger partial charge in [0.2, 0.25) is 0 Å². The van der Waals surface area contributed by atoms with Crippen LogP contribution in [0.25, 0.3) is 0 Å². The zero-order chi connectivity index (χ0) is 7.56. The van der Waals surface area contributed by atoms with Gasteiger partial charge in [0.05, 0.1) is 0 Å². The van der Waals surface area contributed by atoms with Crippen molar-refractivity contribution in [3.8, 4) is 0 Å². The molecule has 0 atom stereocenters. The van der Waals surface area contributed by atoms with E-state index in [4.69, 9.17) is 5.84 Å². The van der Waals surface area contributed by atoms with Gasteiger partial charge >= 0.3 is 0 Å². The second-order valence-corrected chi connectivity index (χ2v) is 4.19. The number of thiophene rings is 1. The predicted octanol–water partition coefficient (Wildman–Crippen LogP) is 1.78. The molecule has 0 fully saturated rings. The van der Waals surface area contributed by atoms with Gasteiger partial charge in [-0.3, -0.25) is 11.3 Å². The van der Waals surface area contributed by atoms with Crippen molar-refractivity contribution in [2.45, 2.75) is 13.5 Å². The first kappa shape index (κ1) is 8.20. The van der Waals surface area contributed by atoms with E-state index in [1.807, 2.05) is 0 Å². The molecule has 1 rings (SSSR count). The maximum Gasteiger partial charge on any atom is 0.0443 e. The van der Waals surface area contributed by atoms with Crippen LogP contribution in [0.5, 0.6) is 0 Å². The Hall–Kier alpha value is 0.100. The van der Waals surface area contributed by atoms with E-state index in [9.17, 15) is 0 Å². The third-order valence-electron chi connectivity index (χ3n) is 1.18. The van der Waals surface area contributed by atoms with Gasteiger partial charge in [-0.05, 0) is 28.9 Å². The summed E-state index contributed by atoms with van der Waals surface area (Å²) in [6, 6.07) is 2.08. The summed E-state index contributed by atoms with van der Waals surface area (Å²) in [6.07, 6.45) is 0. The minimum Gasteiger partial charge on any atom is -0.271 e. The molecule has 0 aliphatic heterocycles. The van der Waals surface area contributed by atoms with Crippen molar-refractivity contribution in [3.63, 3.8) is 0 Å². The van der Waals surface area contributed by atoms with Crippen LogP contribution in [0.1, 0.15) is 9.75 Å². The van der Waals surface area contributed by atoms with E-state index in [1.54, 1.807) is 11.3 Å². The number of aryl methyl sites for hydroxylation is 1. The minimum atomic E-state index is 0.747. The van der Waals surface area contributed by atoms with Gasteiger partial charge in [0.25, 0.3) is 0 Å². The Kier molecular flexibility index (Phi) is 2.85. The van der Waals surface area contributed by atoms with Crippen LogP contribution >= 0.6 is 27.3 Å². The maximum atomic E-state index is 5.16. The van der Waals surface area contributed by atoms with Crippen molar-refractivity contribution in [1.82, 2.24) is 5.43 Å². The van der Waals surface area contributed by atoms with Gasteiger partial charge in [-0.1, -0.05) is 0 Å². The quantitative estimate of drug-likeness (QED) is 0.590. The van der Waals surface area contributed by atoms with Crippen molar-refractivity contribution >= 4 is 27.3 Å². The topological polar surface area (TPSA) is 38.0 Å². The average Bonchev–Trinajstić information content (AvgIpc) is 2.14. The summed E-state index contributed by atoms with van der Waals surface area (Å²) >= 11 is 5.18. The first-order chi connectivity index (χ1) is 4.74. The van der Waals surface area contributed by atoms with Crippen LogP contribution in [0.4, 0.5) is 0 Å². The molecule has 56 valence electrons. The fourth-order valence-electron chi connectivity index (χ4n) is 0.706. The smallest absolute Gasteiger partial charge is 0.0443 e. The Bertz CT molecular complexity index is 202. The van der Waals surface area contributed by atoms with E-state index in [0.717, 1.165) is 6.54 Å². The third kappa shape index (κ3) is 1.79. The van der Waals surface area contributed by atoms with Crippen molar-refractivity contribution in [2.75, 3.05) is 0 Å². The molecule has 1 aromatic heterocycles. The molecule has 1 heterocycles.